The second kappa shape index (κ2) is 5.87. The van der Waals surface area contributed by atoms with Crippen molar-refractivity contribution in [2.24, 2.45) is 23.7 Å². The molecule has 1 amide bonds. The molecule has 2 aromatic rings. The summed E-state index contributed by atoms with van der Waals surface area (Å²) in [5.41, 5.74) is 1.79. The Morgan fingerprint density at radius 3 is 2.54 bits per heavy atom. The molecule has 2 bridgehead atoms. The molecule has 24 heavy (non-hydrogen) atoms. The first-order chi connectivity index (χ1) is 11.6. The van der Waals surface area contributed by atoms with Crippen molar-refractivity contribution < 1.29 is 14.7 Å². The minimum Gasteiger partial charge on any atom is -0.481 e. The number of carbonyl (C=O) groups excluding carboxylic acids is 1. The molecule has 122 valence electrons. The maximum absolute atomic E-state index is 12.6. The molecule has 5 nitrogen and oxygen atoms in total. The van der Waals surface area contributed by atoms with Crippen LogP contribution in [0.15, 0.2) is 47.9 Å². The van der Waals surface area contributed by atoms with Gasteiger partial charge in [0.2, 0.25) is 5.91 Å². The normalized spacial score (nSPS) is 27.3. The smallest absolute Gasteiger partial charge is 0.307 e. The van der Waals surface area contributed by atoms with Crippen LogP contribution in [-0.2, 0) is 9.59 Å². The molecule has 4 atom stereocenters. The van der Waals surface area contributed by atoms with E-state index in [2.05, 4.69) is 10.3 Å². The van der Waals surface area contributed by atoms with Crippen molar-refractivity contribution in [1.29, 1.82) is 0 Å². The lowest BCUT2D eigenvalue weighted by atomic mass is 9.82. The van der Waals surface area contributed by atoms with Crippen molar-refractivity contribution in [2.45, 2.75) is 6.42 Å². The Balaban J connectivity index is 1.52. The van der Waals surface area contributed by atoms with Gasteiger partial charge in [-0.1, -0.05) is 42.5 Å². The number of carboxylic acid groups (broad SMARTS) is 1. The molecule has 6 heteroatoms. The summed E-state index contributed by atoms with van der Waals surface area (Å²) in [6.07, 6.45) is 4.66. The summed E-state index contributed by atoms with van der Waals surface area (Å²) < 4.78 is 0. The summed E-state index contributed by atoms with van der Waals surface area (Å²) in [4.78, 5) is 28.6. The number of nitrogens with one attached hydrogen (secondary N) is 1. The quantitative estimate of drug-likeness (QED) is 0.837. The average Bonchev–Trinajstić information content (AvgIpc) is 3.30. The molecule has 1 fully saturated rings. The van der Waals surface area contributed by atoms with Gasteiger partial charge >= 0.3 is 5.97 Å². The minimum atomic E-state index is -0.892. The predicted octanol–water partition coefficient (Wildman–Crippen LogP) is 3.27. The van der Waals surface area contributed by atoms with Crippen molar-refractivity contribution in [1.82, 2.24) is 4.98 Å². The fraction of sp³-hybridized carbons (Fsp3) is 0.278. The molecule has 2 aliphatic carbocycles. The van der Waals surface area contributed by atoms with Gasteiger partial charge in [-0.2, -0.15) is 0 Å². The van der Waals surface area contributed by atoms with E-state index >= 15 is 0 Å². The Kier molecular flexibility index (Phi) is 3.69. The van der Waals surface area contributed by atoms with Crippen LogP contribution in [0.2, 0.25) is 0 Å². The molecule has 0 radical (unpaired) electrons. The highest BCUT2D eigenvalue weighted by Gasteiger charge is 2.51. The van der Waals surface area contributed by atoms with Crippen LogP contribution in [0.25, 0.3) is 11.3 Å². The zero-order valence-corrected chi connectivity index (χ0v) is 13.6. The number of rotatable bonds is 4. The van der Waals surface area contributed by atoms with Crippen LogP contribution in [0.1, 0.15) is 6.42 Å². The van der Waals surface area contributed by atoms with Crippen LogP contribution in [0, 0.1) is 23.7 Å². The molecule has 4 rings (SSSR count). The number of anilines is 1. The van der Waals surface area contributed by atoms with Gasteiger partial charge in [-0.05, 0) is 18.3 Å². The fourth-order valence-electron chi connectivity index (χ4n) is 3.78. The molecule has 0 saturated heterocycles. The number of hydrogen-bond donors (Lipinski definition) is 2. The Labute approximate surface area is 143 Å². The lowest BCUT2D eigenvalue weighted by Crippen LogP contribution is -2.36. The van der Waals surface area contributed by atoms with Gasteiger partial charge in [-0.25, -0.2) is 4.98 Å². The summed E-state index contributed by atoms with van der Waals surface area (Å²) in [6, 6.07) is 9.73. The number of benzene rings is 1. The van der Waals surface area contributed by atoms with Crippen LogP contribution in [0.4, 0.5) is 5.13 Å². The first-order valence-electron chi connectivity index (χ1n) is 7.86. The number of nitrogens with zero attached hydrogens (tertiary/aromatic N) is 1. The van der Waals surface area contributed by atoms with E-state index < -0.39 is 17.8 Å². The highest BCUT2D eigenvalue weighted by Crippen LogP contribution is 2.48. The topological polar surface area (TPSA) is 79.3 Å². The number of allylic oxidation sites excluding steroid dienone is 2. The number of aliphatic carboxylic acids is 1. The molecule has 0 aliphatic heterocycles. The molecule has 1 saturated carbocycles. The fourth-order valence-corrected chi connectivity index (χ4v) is 4.50. The van der Waals surface area contributed by atoms with Crippen LogP contribution in [-0.4, -0.2) is 22.0 Å². The molecule has 1 aromatic carbocycles. The van der Waals surface area contributed by atoms with E-state index in [0.29, 0.717) is 5.13 Å². The third-order valence-corrected chi connectivity index (χ3v) is 5.61. The van der Waals surface area contributed by atoms with Gasteiger partial charge in [0.1, 0.15) is 0 Å². The average molecular weight is 340 g/mol. The number of aromatic nitrogens is 1. The van der Waals surface area contributed by atoms with Gasteiger partial charge in [0, 0.05) is 10.9 Å². The monoisotopic (exact) mass is 340 g/mol. The van der Waals surface area contributed by atoms with E-state index in [0.717, 1.165) is 17.7 Å². The summed E-state index contributed by atoms with van der Waals surface area (Å²) in [5, 5.41) is 14.7. The number of fused-ring (bicyclic) bond motifs is 2. The van der Waals surface area contributed by atoms with Crippen LogP contribution in [0.5, 0.6) is 0 Å². The lowest BCUT2D eigenvalue weighted by Gasteiger charge is -2.23. The van der Waals surface area contributed by atoms with Crippen LogP contribution >= 0.6 is 11.3 Å². The van der Waals surface area contributed by atoms with Gasteiger partial charge in [-0.15, -0.1) is 11.3 Å². The maximum Gasteiger partial charge on any atom is 0.307 e. The molecule has 0 unspecified atom stereocenters. The molecule has 1 aromatic heterocycles. The standard InChI is InChI=1S/C18H16N2O3S/c21-16(14-11-6-7-12(8-11)15(14)17(22)23)20-18-19-13(9-24-18)10-4-2-1-3-5-10/h1-7,9,11-12,14-15H,8H2,(H,22,23)(H,19,20,21)/t11-,12+,14-,15+/m1/s1. The Morgan fingerprint density at radius 2 is 1.83 bits per heavy atom. The molecule has 2 aliphatic rings. The van der Waals surface area contributed by atoms with E-state index in [9.17, 15) is 14.7 Å². The molecule has 1 heterocycles. The predicted molar refractivity (Wildman–Crippen MR) is 91.5 cm³/mol. The Bertz CT molecular complexity index is 815. The third-order valence-electron chi connectivity index (χ3n) is 4.85. The Morgan fingerprint density at radius 1 is 1.12 bits per heavy atom. The summed E-state index contributed by atoms with van der Waals surface area (Å²) >= 11 is 1.35. The summed E-state index contributed by atoms with van der Waals surface area (Å²) in [5.74, 6) is -2.29. The van der Waals surface area contributed by atoms with E-state index in [1.54, 1.807) is 0 Å². The summed E-state index contributed by atoms with van der Waals surface area (Å²) in [7, 11) is 0. The zero-order chi connectivity index (χ0) is 16.7. The number of carboxylic acids is 1. The van der Waals surface area contributed by atoms with Gasteiger partial charge in [-0.3, -0.25) is 9.59 Å². The molecule has 2 N–H and O–H groups in total. The van der Waals surface area contributed by atoms with E-state index in [1.807, 2.05) is 47.9 Å². The molecular weight excluding hydrogens is 324 g/mol. The van der Waals surface area contributed by atoms with Crippen molar-refractivity contribution in [3.63, 3.8) is 0 Å². The highest BCUT2D eigenvalue weighted by atomic mass is 32.1. The van der Waals surface area contributed by atoms with Crippen molar-refractivity contribution in [2.75, 3.05) is 5.32 Å². The van der Waals surface area contributed by atoms with Crippen molar-refractivity contribution in [3.05, 3.63) is 47.9 Å². The maximum atomic E-state index is 12.6. The number of thiazole rings is 1. The Hall–Kier alpha value is -2.47. The number of hydrogen-bond acceptors (Lipinski definition) is 4. The second-order valence-electron chi connectivity index (χ2n) is 6.23. The van der Waals surface area contributed by atoms with Crippen LogP contribution < -0.4 is 5.32 Å². The second-order valence-corrected chi connectivity index (χ2v) is 7.09. The highest BCUT2D eigenvalue weighted by molar-refractivity contribution is 7.14. The number of amides is 1. The zero-order valence-electron chi connectivity index (χ0n) is 12.8. The van der Waals surface area contributed by atoms with Gasteiger partial charge < -0.3 is 10.4 Å². The largest absolute Gasteiger partial charge is 0.481 e. The molecule has 0 spiro atoms. The first kappa shape index (κ1) is 15.1. The van der Waals surface area contributed by atoms with E-state index in [4.69, 9.17) is 0 Å². The van der Waals surface area contributed by atoms with E-state index in [1.165, 1.54) is 11.3 Å². The SMILES string of the molecule is O=C(O)[C@@H]1[C@H](C(=O)Nc2nc(-c3ccccc3)cs2)[C@@H]2C=C[C@H]1C2. The molecular formula is C18H16N2O3S. The van der Waals surface area contributed by atoms with E-state index in [-0.39, 0.29) is 17.7 Å². The van der Waals surface area contributed by atoms with Gasteiger partial charge in [0.25, 0.3) is 0 Å². The lowest BCUT2D eigenvalue weighted by molar-refractivity contribution is -0.146. The minimum absolute atomic E-state index is 0.0182. The van der Waals surface area contributed by atoms with Gasteiger partial charge in [0.05, 0.1) is 17.5 Å². The van der Waals surface area contributed by atoms with Crippen molar-refractivity contribution >= 4 is 28.3 Å². The first-order valence-corrected chi connectivity index (χ1v) is 8.74. The van der Waals surface area contributed by atoms with Crippen molar-refractivity contribution in [3.8, 4) is 11.3 Å². The van der Waals surface area contributed by atoms with Crippen LogP contribution in [0.3, 0.4) is 0 Å². The third kappa shape index (κ3) is 2.53. The van der Waals surface area contributed by atoms with Gasteiger partial charge in [0.15, 0.2) is 5.13 Å². The summed E-state index contributed by atoms with van der Waals surface area (Å²) in [6.45, 7) is 0. The number of carbonyl (C=O) groups is 2.